The molecule has 0 fully saturated rings. The molecule has 21 heavy (non-hydrogen) atoms. The third kappa shape index (κ3) is 5.74. The number of rotatable bonds is 5. The van der Waals surface area contributed by atoms with E-state index >= 15 is 0 Å². The molecule has 0 heterocycles. The monoisotopic (exact) mass is 386 g/mol. The van der Waals surface area contributed by atoms with Crippen LogP contribution in [0.4, 0.5) is 23.7 Å². The minimum absolute atomic E-state index is 0.180. The lowest BCUT2D eigenvalue weighted by atomic mass is 10.1. The fourth-order valence-electron chi connectivity index (χ4n) is 1.66. The molecular weight excluding hydrogens is 373 g/mol. The van der Waals surface area contributed by atoms with Gasteiger partial charge in [0.1, 0.15) is 0 Å². The molecule has 2 N–H and O–H groups in total. The molecule has 0 radical (unpaired) electrons. The topological polar surface area (TPSA) is 41.1 Å². The average Bonchev–Trinajstić information content (AvgIpc) is 2.36. The van der Waals surface area contributed by atoms with Crippen molar-refractivity contribution in [1.82, 2.24) is 5.32 Å². The van der Waals surface area contributed by atoms with Crippen LogP contribution >= 0.6 is 27.5 Å². The first kappa shape index (κ1) is 18.1. The van der Waals surface area contributed by atoms with Crippen molar-refractivity contribution in [2.45, 2.75) is 32.4 Å². The minimum Gasteiger partial charge on any atom is -0.338 e. The first-order chi connectivity index (χ1) is 9.75. The highest BCUT2D eigenvalue weighted by molar-refractivity contribution is 9.10. The van der Waals surface area contributed by atoms with E-state index in [1.54, 1.807) is 0 Å². The van der Waals surface area contributed by atoms with Crippen molar-refractivity contribution in [3.05, 3.63) is 27.2 Å². The Hall–Kier alpha value is -0.950. The Labute approximate surface area is 134 Å². The largest absolute Gasteiger partial charge is 0.418 e. The number of halogens is 5. The fourth-order valence-corrected chi connectivity index (χ4v) is 2.52. The van der Waals surface area contributed by atoms with Crippen molar-refractivity contribution in [2.75, 3.05) is 11.9 Å². The number of unbranched alkanes of at least 4 members (excludes halogenated alkanes) is 2. The minimum atomic E-state index is -4.61. The van der Waals surface area contributed by atoms with E-state index in [1.807, 2.05) is 6.92 Å². The summed E-state index contributed by atoms with van der Waals surface area (Å²) in [6.45, 7) is 2.41. The molecule has 0 spiro atoms. The quantitative estimate of drug-likeness (QED) is 0.650. The van der Waals surface area contributed by atoms with Crippen LogP contribution in [0.5, 0.6) is 0 Å². The second-order valence-corrected chi connectivity index (χ2v) is 5.72. The Kier molecular flexibility index (Phi) is 6.80. The Bertz CT molecular complexity index is 509. The zero-order chi connectivity index (χ0) is 16.0. The highest BCUT2D eigenvalue weighted by atomic mass is 79.9. The Balaban J connectivity index is 2.85. The maximum atomic E-state index is 13.0. The lowest BCUT2D eigenvalue weighted by Gasteiger charge is -2.16. The van der Waals surface area contributed by atoms with Crippen molar-refractivity contribution >= 4 is 39.2 Å². The molecule has 0 aromatic heterocycles. The van der Waals surface area contributed by atoms with Crippen LogP contribution in [-0.2, 0) is 6.18 Å². The summed E-state index contributed by atoms with van der Waals surface area (Å²) >= 11 is 8.75. The number of nitrogens with one attached hydrogen (secondary N) is 2. The standard InChI is InChI=1S/C13H15BrClF3N2O/c1-2-3-4-5-19-12(21)20-11-9(13(16,17)18)6-8(14)7-10(11)15/h6-7H,2-5H2,1H3,(H2,19,20,21). The molecule has 0 aliphatic carbocycles. The molecular formula is C13H15BrClF3N2O. The third-order valence-electron chi connectivity index (χ3n) is 2.66. The van der Waals surface area contributed by atoms with Crippen molar-refractivity contribution in [3.8, 4) is 0 Å². The predicted octanol–water partition coefficient (Wildman–Crippen LogP) is 5.43. The lowest BCUT2D eigenvalue weighted by Crippen LogP contribution is -2.30. The van der Waals surface area contributed by atoms with Gasteiger partial charge in [0.2, 0.25) is 0 Å². The maximum absolute atomic E-state index is 13.0. The normalized spacial score (nSPS) is 11.3. The number of amides is 2. The van der Waals surface area contributed by atoms with Crippen LogP contribution in [0.1, 0.15) is 31.7 Å². The molecule has 0 unspecified atom stereocenters. The summed E-state index contributed by atoms with van der Waals surface area (Å²) in [4.78, 5) is 11.6. The zero-order valence-electron chi connectivity index (χ0n) is 11.3. The van der Waals surface area contributed by atoms with Crippen molar-refractivity contribution in [3.63, 3.8) is 0 Å². The summed E-state index contributed by atoms with van der Waals surface area (Å²) in [7, 11) is 0. The SMILES string of the molecule is CCCCCNC(=O)Nc1c(Cl)cc(Br)cc1C(F)(F)F. The number of carbonyl (C=O) groups excluding carboxylic acids is 1. The Morgan fingerprint density at radius 3 is 2.57 bits per heavy atom. The van der Waals surface area contributed by atoms with Gasteiger partial charge in [0.25, 0.3) is 0 Å². The molecule has 1 rings (SSSR count). The summed E-state index contributed by atoms with van der Waals surface area (Å²) in [5.41, 5.74) is -1.44. The van der Waals surface area contributed by atoms with Crippen molar-refractivity contribution in [2.24, 2.45) is 0 Å². The summed E-state index contributed by atoms with van der Waals surface area (Å²) in [6.07, 6.45) is -1.92. The number of anilines is 1. The van der Waals surface area contributed by atoms with E-state index in [9.17, 15) is 18.0 Å². The molecule has 1 aromatic carbocycles. The number of urea groups is 1. The van der Waals surface area contributed by atoms with Gasteiger partial charge < -0.3 is 10.6 Å². The molecule has 0 bridgehead atoms. The molecule has 0 aliphatic rings. The lowest BCUT2D eigenvalue weighted by molar-refractivity contribution is -0.136. The second-order valence-electron chi connectivity index (χ2n) is 4.40. The summed E-state index contributed by atoms with van der Waals surface area (Å²) < 4.78 is 39.1. The third-order valence-corrected chi connectivity index (χ3v) is 3.42. The van der Waals surface area contributed by atoms with Gasteiger partial charge in [0, 0.05) is 11.0 Å². The summed E-state index contributed by atoms with van der Waals surface area (Å²) in [5, 5.41) is 4.49. The van der Waals surface area contributed by atoms with Gasteiger partial charge in [-0.25, -0.2) is 4.79 Å². The van der Waals surface area contributed by atoms with E-state index in [0.717, 1.165) is 25.3 Å². The number of hydrogen-bond acceptors (Lipinski definition) is 1. The van der Waals surface area contributed by atoms with Gasteiger partial charge in [-0.05, 0) is 18.6 Å². The van der Waals surface area contributed by atoms with E-state index in [-0.39, 0.29) is 9.50 Å². The van der Waals surface area contributed by atoms with Crippen molar-refractivity contribution in [1.29, 1.82) is 0 Å². The van der Waals surface area contributed by atoms with E-state index in [0.29, 0.717) is 6.54 Å². The van der Waals surface area contributed by atoms with Gasteiger partial charge >= 0.3 is 12.2 Å². The highest BCUT2D eigenvalue weighted by Crippen LogP contribution is 2.40. The second kappa shape index (κ2) is 7.89. The van der Waals surface area contributed by atoms with Gasteiger partial charge in [-0.3, -0.25) is 0 Å². The van der Waals surface area contributed by atoms with Crippen LogP contribution in [0, 0.1) is 0 Å². The molecule has 118 valence electrons. The van der Waals surface area contributed by atoms with Gasteiger partial charge in [0.15, 0.2) is 0 Å². The van der Waals surface area contributed by atoms with Crippen molar-refractivity contribution < 1.29 is 18.0 Å². The van der Waals surface area contributed by atoms with E-state index in [4.69, 9.17) is 11.6 Å². The maximum Gasteiger partial charge on any atom is 0.418 e. The molecule has 1 aromatic rings. The van der Waals surface area contributed by atoms with Gasteiger partial charge in [-0.1, -0.05) is 47.3 Å². The van der Waals surface area contributed by atoms with Gasteiger partial charge in [0.05, 0.1) is 16.3 Å². The summed E-state index contributed by atoms with van der Waals surface area (Å²) in [5.74, 6) is 0. The highest BCUT2D eigenvalue weighted by Gasteiger charge is 2.35. The van der Waals surface area contributed by atoms with Gasteiger partial charge in [-0.2, -0.15) is 13.2 Å². The van der Waals surface area contributed by atoms with Crippen LogP contribution in [-0.4, -0.2) is 12.6 Å². The first-order valence-electron chi connectivity index (χ1n) is 6.36. The Morgan fingerprint density at radius 1 is 1.33 bits per heavy atom. The van der Waals surface area contributed by atoms with Crippen LogP contribution < -0.4 is 10.6 Å². The number of carbonyl (C=O) groups is 1. The number of alkyl halides is 3. The van der Waals surface area contributed by atoms with E-state index in [2.05, 4.69) is 26.6 Å². The molecule has 0 aliphatic heterocycles. The number of benzene rings is 1. The Morgan fingerprint density at radius 2 is 2.00 bits per heavy atom. The smallest absolute Gasteiger partial charge is 0.338 e. The van der Waals surface area contributed by atoms with Crippen LogP contribution in [0.3, 0.4) is 0 Å². The van der Waals surface area contributed by atoms with E-state index in [1.165, 1.54) is 6.07 Å². The number of hydrogen-bond donors (Lipinski definition) is 2. The fraction of sp³-hybridized carbons (Fsp3) is 0.462. The molecule has 0 saturated heterocycles. The average molecular weight is 388 g/mol. The molecule has 2 amide bonds. The van der Waals surface area contributed by atoms with E-state index < -0.39 is 23.5 Å². The molecule has 3 nitrogen and oxygen atoms in total. The summed E-state index contributed by atoms with van der Waals surface area (Å²) in [6, 6.07) is 1.46. The molecule has 0 saturated carbocycles. The predicted molar refractivity (Wildman–Crippen MR) is 80.7 cm³/mol. The van der Waals surface area contributed by atoms with Crippen LogP contribution in [0.15, 0.2) is 16.6 Å². The van der Waals surface area contributed by atoms with Crippen LogP contribution in [0.25, 0.3) is 0 Å². The molecule has 8 heteroatoms. The van der Waals surface area contributed by atoms with Crippen LogP contribution in [0.2, 0.25) is 5.02 Å². The zero-order valence-corrected chi connectivity index (χ0v) is 13.6. The van der Waals surface area contributed by atoms with Gasteiger partial charge in [-0.15, -0.1) is 0 Å². The molecule has 0 atom stereocenters. The first-order valence-corrected chi connectivity index (χ1v) is 7.54.